The lowest BCUT2D eigenvalue weighted by atomic mass is 9.85. The Morgan fingerprint density at radius 3 is 3.00 bits per heavy atom. The minimum Gasteiger partial charge on any atom is -0.316 e. The highest BCUT2D eigenvalue weighted by Gasteiger charge is 2.49. The summed E-state index contributed by atoms with van der Waals surface area (Å²) in [5, 5.41) is 6.33. The molecule has 2 N–H and O–H groups in total. The molecule has 2 aliphatic heterocycles. The number of likely N-dealkylation sites (tertiary alicyclic amines) is 1. The number of anilines is 1. The third kappa shape index (κ3) is 2.98. The molecule has 21 heavy (non-hydrogen) atoms. The van der Waals surface area contributed by atoms with E-state index in [2.05, 4.69) is 50.3 Å². The lowest BCUT2D eigenvalue weighted by molar-refractivity contribution is -0.118. The van der Waals surface area contributed by atoms with Gasteiger partial charge in [-0.15, -0.1) is 0 Å². The summed E-state index contributed by atoms with van der Waals surface area (Å²) in [5.41, 5.74) is 0.0681. The highest BCUT2D eigenvalue weighted by molar-refractivity contribution is 9.10. The van der Waals surface area contributed by atoms with Crippen molar-refractivity contribution in [1.29, 1.82) is 0 Å². The number of nitrogens with one attached hydrogen (secondary N) is 2. The number of hydrogen-bond acceptors (Lipinski definition) is 4. The van der Waals surface area contributed by atoms with E-state index in [1.165, 1.54) is 0 Å². The first kappa shape index (κ1) is 14.9. The smallest absolute Gasteiger partial charge is 0.239 e. The van der Waals surface area contributed by atoms with Crippen LogP contribution in [0.3, 0.4) is 0 Å². The number of halogens is 1. The van der Waals surface area contributed by atoms with Gasteiger partial charge in [0.25, 0.3) is 0 Å². The van der Waals surface area contributed by atoms with Gasteiger partial charge in [-0.05, 0) is 60.3 Å². The summed E-state index contributed by atoms with van der Waals surface area (Å²) in [6.07, 6.45) is 1.69. The SMILES string of the molecule is CC1(C)C2CNCC2CN1CC(=O)Nc1ccc(Br)cn1. The molecule has 1 aromatic rings. The van der Waals surface area contributed by atoms with Crippen LogP contribution in [0.4, 0.5) is 5.82 Å². The number of amides is 1. The van der Waals surface area contributed by atoms with E-state index in [0.717, 1.165) is 24.1 Å². The average Bonchev–Trinajstić information content (AvgIpc) is 2.97. The molecule has 1 amide bonds. The van der Waals surface area contributed by atoms with Gasteiger partial charge in [-0.2, -0.15) is 0 Å². The van der Waals surface area contributed by atoms with Crippen LogP contribution in [0.1, 0.15) is 13.8 Å². The fourth-order valence-electron chi connectivity index (χ4n) is 3.58. The van der Waals surface area contributed by atoms with E-state index in [4.69, 9.17) is 0 Å². The van der Waals surface area contributed by atoms with Crippen molar-refractivity contribution in [2.24, 2.45) is 11.8 Å². The third-order valence-electron chi connectivity index (χ3n) is 4.85. The summed E-state index contributed by atoms with van der Waals surface area (Å²) in [6.45, 7) is 8.04. The number of nitrogens with zero attached hydrogens (tertiary/aromatic N) is 2. The summed E-state index contributed by atoms with van der Waals surface area (Å²) in [7, 11) is 0. The Labute approximate surface area is 133 Å². The zero-order valence-corrected chi connectivity index (χ0v) is 14.0. The second kappa shape index (κ2) is 5.66. The molecule has 2 atom stereocenters. The molecule has 114 valence electrons. The molecule has 0 aliphatic carbocycles. The number of aromatic nitrogens is 1. The monoisotopic (exact) mass is 352 g/mol. The van der Waals surface area contributed by atoms with Crippen molar-refractivity contribution in [3.05, 3.63) is 22.8 Å². The van der Waals surface area contributed by atoms with Crippen LogP contribution in [0.25, 0.3) is 0 Å². The number of hydrogen-bond donors (Lipinski definition) is 2. The number of pyridine rings is 1. The van der Waals surface area contributed by atoms with Crippen molar-refractivity contribution >= 4 is 27.7 Å². The van der Waals surface area contributed by atoms with E-state index in [-0.39, 0.29) is 11.4 Å². The van der Waals surface area contributed by atoms with Gasteiger partial charge in [0, 0.05) is 29.3 Å². The van der Waals surface area contributed by atoms with Gasteiger partial charge in [0.1, 0.15) is 5.82 Å². The van der Waals surface area contributed by atoms with Crippen LogP contribution in [0.15, 0.2) is 22.8 Å². The predicted molar refractivity (Wildman–Crippen MR) is 86.1 cm³/mol. The zero-order chi connectivity index (χ0) is 15.0. The van der Waals surface area contributed by atoms with E-state index in [0.29, 0.717) is 24.2 Å². The van der Waals surface area contributed by atoms with Gasteiger partial charge >= 0.3 is 0 Å². The minimum absolute atomic E-state index is 0.00540. The molecular weight excluding hydrogens is 332 g/mol. The quantitative estimate of drug-likeness (QED) is 0.869. The number of carbonyl (C=O) groups is 1. The second-order valence-electron chi connectivity index (χ2n) is 6.47. The summed E-state index contributed by atoms with van der Waals surface area (Å²) < 4.78 is 0.904. The number of rotatable bonds is 3. The molecule has 1 aromatic heterocycles. The Kier molecular flexibility index (Phi) is 4.03. The Morgan fingerprint density at radius 1 is 1.52 bits per heavy atom. The van der Waals surface area contributed by atoms with E-state index in [1.807, 2.05) is 6.07 Å². The van der Waals surface area contributed by atoms with Gasteiger partial charge in [0.05, 0.1) is 6.54 Å². The Bertz CT molecular complexity index is 531. The normalized spacial score (nSPS) is 27.6. The lowest BCUT2D eigenvalue weighted by Crippen LogP contribution is -2.47. The molecule has 0 radical (unpaired) electrons. The van der Waals surface area contributed by atoms with E-state index < -0.39 is 0 Å². The maximum absolute atomic E-state index is 12.2. The highest BCUT2D eigenvalue weighted by atomic mass is 79.9. The summed E-state index contributed by atoms with van der Waals surface area (Å²) >= 11 is 3.34. The fraction of sp³-hybridized carbons (Fsp3) is 0.600. The van der Waals surface area contributed by atoms with E-state index >= 15 is 0 Å². The van der Waals surface area contributed by atoms with E-state index in [1.54, 1.807) is 12.3 Å². The molecule has 2 fully saturated rings. The van der Waals surface area contributed by atoms with Crippen LogP contribution in [0.5, 0.6) is 0 Å². The first-order chi connectivity index (χ1) is 9.96. The molecule has 0 bridgehead atoms. The van der Waals surface area contributed by atoms with Crippen LogP contribution in [-0.4, -0.2) is 47.5 Å². The van der Waals surface area contributed by atoms with Crippen molar-refractivity contribution in [3.63, 3.8) is 0 Å². The largest absolute Gasteiger partial charge is 0.316 e. The Balaban J connectivity index is 1.61. The number of fused-ring (bicyclic) bond motifs is 1. The molecule has 0 aromatic carbocycles. The first-order valence-corrected chi connectivity index (χ1v) is 8.13. The maximum atomic E-state index is 12.2. The fourth-order valence-corrected chi connectivity index (χ4v) is 3.81. The van der Waals surface area contributed by atoms with Gasteiger partial charge in [-0.1, -0.05) is 0 Å². The third-order valence-corrected chi connectivity index (χ3v) is 5.32. The molecule has 3 rings (SSSR count). The molecule has 2 aliphatic rings. The Morgan fingerprint density at radius 2 is 2.33 bits per heavy atom. The van der Waals surface area contributed by atoms with Crippen molar-refractivity contribution in [2.45, 2.75) is 19.4 Å². The minimum atomic E-state index is 0.00540. The van der Waals surface area contributed by atoms with Gasteiger partial charge in [0.15, 0.2) is 0 Å². The summed E-state index contributed by atoms with van der Waals surface area (Å²) in [5.74, 6) is 1.91. The summed E-state index contributed by atoms with van der Waals surface area (Å²) in [4.78, 5) is 18.7. The maximum Gasteiger partial charge on any atom is 0.239 e. The highest BCUT2D eigenvalue weighted by Crippen LogP contribution is 2.40. The molecule has 0 saturated carbocycles. The van der Waals surface area contributed by atoms with Crippen molar-refractivity contribution < 1.29 is 4.79 Å². The van der Waals surface area contributed by atoms with Crippen LogP contribution in [0, 0.1) is 11.8 Å². The van der Waals surface area contributed by atoms with Crippen LogP contribution in [0.2, 0.25) is 0 Å². The first-order valence-electron chi connectivity index (χ1n) is 7.34. The molecular formula is C15H21BrN4O. The zero-order valence-electron chi connectivity index (χ0n) is 12.4. The van der Waals surface area contributed by atoms with Crippen molar-refractivity contribution in [2.75, 3.05) is 31.5 Å². The predicted octanol–water partition coefficient (Wildman–Crippen LogP) is 1.71. The molecule has 6 heteroatoms. The number of carbonyl (C=O) groups excluding carboxylic acids is 1. The van der Waals surface area contributed by atoms with Crippen molar-refractivity contribution in [3.8, 4) is 0 Å². The standard InChI is InChI=1S/C15H21BrN4O/c1-15(2)12-7-17-5-10(12)8-20(15)9-14(21)19-13-4-3-11(16)6-18-13/h3-4,6,10,12,17H,5,7-9H2,1-2H3,(H,18,19,21). The van der Waals surface area contributed by atoms with Gasteiger partial charge < -0.3 is 10.6 Å². The molecule has 3 heterocycles. The molecule has 0 spiro atoms. The van der Waals surface area contributed by atoms with Gasteiger partial charge in [-0.3, -0.25) is 9.69 Å². The van der Waals surface area contributed by atoms with Crippen molar-refractivity contribution in [1.82, 2.24) is 15.2 Å². The van der Waals surface area contributed by atoms with E-state index in [9.17, 15) is 4.79 Å². The summed E-state index contributed by atoms with van der Waals surface area (Å²) in [6, 6.07) is 3.67. The van der Waals surface area contributed by atoms with Crippen LogP contribution >= 0.6 is 15.9 Å². The molecule has 5 nitrogen and oxygen atoms in total. The average molecular weight is 353 g/mol. The molecule has 2 unspecified atom stereocenters. The second-order valence-corrected chi connectivity index (χ2v) is 7.38. The van der Waals surface area contributed by atoms with Crippen LogP contribution < -0.4 is 10.6 Å². The Hall–Kier alpha value is -0.980. The lowest BCUT2D eigenvalue weighted by Gasteiger charge is -2.35. The van der Waals surface area contributed by atoms with Gasteiger partial charge in [0.2, 0.25) is 5.91 Å². The van der Waals surface area contributed by atoms with Crippen LogP contribution in [-0.2, 0) is 4.79 Å². The topological polar surface area (TPSA) is 57.3 Å². The molecule has 2 saturated heterocycles. The van der Waals surface area contributed by atoms with Gasteiger partial charge in [-0.25, -0.2) is 4.98 Å².